The monoisotopic (exact) mass is 258 g/mol. The molecule has 2 heteroatoms. The highest BCUT2D eigenvalue weighted by Crippen LogP contribution is 2.38. The predicted octanol–water partition coefficient (Wildman–Crippen LogP) is 3.91. The zero-order valence-electron chi connectivity index (χ0n) is 13.5. The van der Waals surface area contributed by atoms with E-state index in [2.05, 4.69) is 60.1 Å². The van der Waals surface area contributed by atoms with Gasteiger partial charge < -0.3 is 10.3 Å². The van der Waals surface area contributed by atoms with Crippen LogP contribution in [0.25, 0.3) is 10.9 Å². The summed E-state index contributed by atoms with van der Waals surface area (Å²) >= 11 is 0. The first-order chi connectivity index (χ1) is 8.59. The molecule has 2 aromatic rings. The molecule has 2 nitrogen and oxygen atoms in total. The summed E-state index contributed by atoms with van der Waals surface area (Å²) in [6.45, 7) is 15.2. The molecule has 2 N–H and O–H groups in total. The Labute approximate surface area is 116 Å². The van der Waals surface area contributed by atoms with Gasteiger partial charge in [0.15, 0.2) is 0 Å². The molecule has 0 aliphatic carbocycles. The van der Waals surface area contributed by atoms with E-state index in [-0.39, 0.29) is 5.54 Å². The smallest absolute Gasteiger partial charge is 0.0539 e. The molecule has 1 aromatic carbocycles. The molecule has 0 unspecified atom stereocenters. The van der Waals surface area contributed by atoms with Crippen molar-refractivity contribution in [1.82, 2.24) is 4.57 Å². The Morgan fingerprint density at radius 2 is 1.37 bits per heavy atom. The molecule has 19 heavy (non-hydrogen) atoms. The Morgan fingerprint density at radius 1 is 0.842 bits per heavy atom. The first kappa shape index (κ1) is 14.1. The van der Waals surface area contributed by atoms with Crippen LogP contribution in [-0.4, -0.2) is 4.57 Å². The van der Waals surface area contributed by atoms with Crippen molar-refractivity contribution < 1.29 is 0 Å². The van der Waals surface area contributed by atoms with Gasteiger partial charge in [-0.2, -0.15) is 0 Å². The average Bonchev–Trinajstić information content (AvgIpc) is 2.50. The third kappa shape index (κ3) is 1.81. The predicted molar refractivity (Wildman–Crippen MR) is 83.8 cm³/mol. The lowest BCUT2D eigenvalue weighted by atomic mass is 9.84. The second kappa shape index (κ2) is 4.11. The topological polar surface area (TPSA) is 30.9 Å². The highest BCUT2D eigenvalue weighted by molar-refractivity contribution is 5.93. The fraction of sp³-hybridized carbons (Fsp3) is 0.529. The van der Waals surface area contributed by atoms with Crippen molar-refractivity contribution in [2.75, 3.05) is 0 Å². The summed E-state index contributed by atoms with van der Waals surface area (Å²) in [6.07, 6.45) is 0. The second-order valence-corrected chi connectivity index (χ2v) is 6.46. The molecule has 2 rings (SSSR count). The van der Waals surface area contributed by atoms with Crippen LogP contribution in [0.15, 0.2) is 0 Å². The fourth-order valence-corrected chi connectivity index (χ4v) is 3.32. The number of aryl methyl sites for hydroxylation is 3. The molecule has 0 atom stereocenters. The Balaban J connectivity index is 3.17. The maximum atomic E-state index is 6.46. The van der Waals surface area contributed by atoms with Crippen LogP contribution in [0.5, 0.6) is 0 Å². The lowest BCUT2D eigenvalue weighted by Crippen LogP contribution is -2.31. The van der Waals surface area contributed by atoms with E-state index in [4.69, 9.17) is 5.73 Å². The molecule has 0 amide bonds. The number of nitrogens with zero attached hydrogens (tertiary/aromatic N) is 1. The third-order valence-corrected chi connectivity index (χ3v) is 4.75. The Bertz CT molecular complexity index is 667. The molecular weight excluding hydrogens is 232 g/mol. The van der Waals surface area contributed by atoms with Crippen LogP contribution in [0.2, 0.25) is 0 Å². The fourth-order valence-electron chi connectivity index (χ4n) is 3.32. The number of benzene rings is 1. The molecule has 0 saturated carbocycles. The second-order valence-electron chi connectivity index (χ2n) is 6.46. The van der Waals surface area contributed by atoms with Gasteiger partial charge in [0.2, 0.25) is 0 Å². The van der Waals surface area contributed by atoms with Crippen molar-refractivity contribution in [3.8, 4) is 0 Å². The van der Waals surface area contributed by atoms with E-state index in [0.29, 0.717) is 0 Å². The van der Waals surface area contributed by atoms with Gasteiger partial charge in [-0.1, -0.05) is 0 Å². The van der Waals surface area contributed by atoms with Crippen LogP contribution in [0.3, 0.4) is 0 Å². The van der Waals surface area contributed by atoms with Gasteiger partial charge in [0, 0.05) is 23.7 Å². The highest BCUT2D eigenvalue weighted by atomic mass is 15.0. The molecule has 0 aliphatic heterocycles. The number of aromatic nitrogens is 1. The van der Waals surface area contributed by atoms with E-state index in [1.54, 1.807) is 0 Å². The van der Waals surface area contributed by atoms with Crippen LogP contribution in [0.4, 0.5) is 0 Å². The number of nitrogens with two attached hydrogens (primary N) is 1. The van der Waals surface area contributed by atoms with Crippen molar-refractivity contribution in [2.45, 2.75) is 54.0 Å². The van der Waals surface area contributed by atoms with E-state index in [0.717, 1.165) is 0 Å². The first-order valence-corrected chi connectivity index (χ1v) is 6.93. The van der Waals surface area contributed by atoms with Crippen molar-refractivity contribution in [3.63, 3.8) is 0 Å². The van der Waals surface area contributed by atoms with Crippen molar-refractivity contribution in [3.05, 3.63) is 33.5 Å². The summed E-state index contributed by atoms with van der Waals surface area (Å²) < 4.78 is 2.30. The first-order valence-electron chi connectivity index (χ1n) is 6.93. The Morgan fingerprint density at radius 3 is 1.84 bits per heavy atom. The van der Waals surface area contributed by atoms with E-state index >= 15 is 0 Å². The van der Waals surface area contributed by atoms with Gasteiger partial charge in [-0.25, -0.2) is 0 Å². The zero-order valence-corrected chi connectivity index (χ0v) is 13.5. The highest BCUT2D eigenvalue weighted by Gasteiger charge is 2.26. The number of hydrogen-bond acceptors (Lipinski definition) is 1. The summed E-state index contributed by atoms with van der Waals surface area (Å²) in [5.74, 6) is 0. The molecule has 0 bridgehead atoms. The number of rotatable bonds is 1. The zero-order chi connectivity index (χ0) is 14.7. The number of hydrogen-bond donors (Lipinski definition) is 1. The normalized spacial score (nSPS) is 12.5. The molecule has 0 aliphatic rings. The lowest BCUT2D eigenvalue weighted by molar-refractivity contribution is 0.552. The summed E-state index contributed by atoms with van der Waals surface area (Å²) in [7, 11) is 2.15. The van der Waals surface area contributed by atoms with Gasteiger partial charge in [-0.15, -0.1) is 0 Å². The number of fused-ring (bicyclic) bond motifs is 1. The molecule has 0 fully saturated rings. The van der Waals surface area contributed by atoms with Crippen molar-refractivity contribution in [2.24, 2.45) is 12.8 Å². The minimum absolute atomic E-state index is 0.328. The summed E-state index contributed by atoms with van der Waals surface area (Å²) in [4.78, 5) is 0. The van der Waals surface area contributed by atoms with Crippen LogP contribution in [-0.2, 0) is 12.6 Å². The van der Waals surface area contributed by atoms with E-state index < -0.39 is 0 Å². The quantitative estimate of drug-likeness (QED) is 0.826. The van der Waals surface area contributed by atoms with E-state index in [1.165, 1.54) is 44.4 Å². The van der Waals surface area contributed by atoms with E-state index in [9.17, 15) is 0 Å². The third-order valence-electron chi connectivity index (χ3n) is 4.75. The van der Waals surface area contributed by atoms with Crippen molar-refractivity contribution >= 4 is 10.9 Å². The molecule has 1 aromatic heterocycles. The molecular formula is C17H26N2. The van der Waals surface area contributed by atoms with Gasteiger partial charge in [0.25, 0.3) is 0 Å². The molecule has 104 valence electrons. The molecule has 0 radical (unpaired) electrons. The Hall–Kier alpha value is -1.28. The van der Waals surface area contributed by atoms with Gasteiger partial charge >= 0.3 is 0 Å². The largest absolute Gasteiger partial charge is 0.347 e. The SMILES string of the molecule is Cc1c(C)c(C(C)(C)N)c2c(c1C)c(C)c(C)n2C. The standard InChI is InChI=1S/C17H26N2/c1-9-10(2)14-12(4)13(5)19(8)16(14)15(11(9)3)17(6,7)18/h18H2,1-8H3. The van der Waals surface area contributed by atoms with E-state index in [1.807, 2.05) is 0 Å². The minimum Gasteiger partial charge on any atom is -0.347 e. The summed E-state index contributed by atoms with van der Waals surface area (Å²) in [6, 6.07) is 0. The van der Waals surface area contributed by atoms with Crippen molar-refractivity contribution in [1.29, 1.82) is 0 Å². The average molecular weight is 258 g/mol. The lowest BCUT2D eigenvalue weighted by Gasteiger charge is -2.26. The van der Waals surface area contributed by atoms with Gasteiger partial charge in [0.1, 0.15) is 0 Å². The molecule has 1 heterocycles. The van der Waals surface area contributed by atoms with Gasteiger partial charge in [0.05, 0.1) is 5.52 Å². The van der Waals surface area contributed by atoms with Crippen LogP contribution in [0, 0.1) is 34.6 Å². The van der Waals surface area contributed by atoms with Gasteiger partial charge in [-0.3, -0.25) is 0 Å². The van der Waals surface area contributed by atoms with Crippen LogP contribution in [0.1, 0.15) is 47.4 Å². The summed E-state index contributed by atoms with van der Waals surface area (Å²) in [5.41, 5.74) is 15.5. The van der Waals surface area contributed by atoms with Gasteiger partial charge in [-0.05, 0) is 76.3 Å². The summed E-state index contributed by atoms with van der Waals surface area (Å²) in [5, 5.41) is 1.39. The maximum absolute atomic E-state index is 6.46. The minimum atomic E-state index is -0.328. The molecule has 0 saturated heterocycles. The van der Waals surface area contributed by atoms with Crippen LogP contribution >= 0.6 is 0 Å². The Kier molecular flexibility index (Phi) is 3.06. The van der Waals surface area contributed by atoms with Crippen LogP contribution < -0.4 is 5.73 Å². The molecule has 0 spiro atoms. The maximum Gasteiger partial charge on any atom is 0.0539 e.